The largest absolute Gasteiger partial charge is 0.480 e. The highest BCUT2D eigenvalue weighted by Crippen LogP contribution is 2.24. The first-order valence-electron chi connectivity index (χ1n) is 6.38. The molecule has 1 atom stereocenters. The Labute approximate surface area is 112 Å². The van der Waals surface area contributed by atoms with E-state index in [9.17, 15) is 4.79 Å². The van der Waals surface area contributed by atoms with Crippen molar-refractivity contribution in [3.63, 3.8) is 0 Å². The summed E-state index contributed by atoms with van der Waals surface area (Å²) in [6.45, 7) is 5.88. The summed E-state index contributed by atoms with van der Waals surface area (Å²) in [5.41, 5.74) is 9.94. The van der Waals surface area contributed by atoms with Crippen LogP contribution in [0.2, 0.25) is 0 Å². The van der Waals surface area contributed by atoms with Gasteiger partial charge in [0.1, 0.15) is 12.4 Å². The zero-order valence-electron chi connectivity index (χ0n) is 11.5. The summed E-state index contributed by atoms with van der Waals surface area (Å²) in [5.74, 6) is -0.244. The van der Waals surface area contributed by atoms with Gasteiger partial charge in [0.15, 0.2) is 0 Å². The van der Waals surface area contributed by atoms with Crippen molar-refractivity contribution >= 4 is 17.0 Å². The summed E-state index contributed by atoms with van der Waals surface area (Å²) in [4.78, 5) is 15.5. The van der Waals surface area contributed by atoms with E-state index in [1.54, 1.807) is 4.57 Å². The number of carbonyl (C=O) groups is 1. The predicted octanol–water partition coefficient (Wildman–Crippen LogP) is 2.15. The molecule has 1 aromatic carbocycles. The van der Waals surface area contributed by atoms with Crippen LogP contribution < -0.4 is 5.73 Å². The van der Waals surface area contributed by atoms with E-state index in [0.29, 0.717) is 5.82 Å². The summed E-state index contributed by atoms with van der Waals surface area (Å²) in [5, 5.41) is 9.06. The van der Waals surface area contributed by atoms with Crippen LogP contribution in [-0.2, 0) is 11.3 Å². The van der Waals surface area contributed by atoms with Gasteiger partial charge in [0.25, 0.3) is 0 Å². The molecule has 2 rings (SSSR count). The van der Waals surface area contributed by atoms with Gasteiger partial charge < -0.3 is 15.4 Å². The number of hydrogen-bond acceptors (Lipinski definition) is 3. The number of aryl methyl sites for hydroxylation is 2. The molecular formula is C14H19N3O2. The molecule has 1 aromatic heterocycles. The molecule has 1 unspecified atom stereocenters. The molecule has 0 amide bonds. The molecule has 1 heterocycles. The summed E-state index contributed by atoms with van der Waals surface area (Å²) < 4.78 is 1.71. The maximum Gasteiger partial charge on any atom is 0.323 e. The summed E-state index contributed by atoms with van der Waals surface area (Å²) in [7, 11) is 0. The Balaban J connectivity index is 2.69. The SMILES string of the molecule is CCC(N)c1nc2cc(C)c(C)cc2n1CC(=O)O. The first kappa shape index (κ1) is 13.5. The molecule has 19 heavy (non-hydrogen) atoms. The van der Waals surface area contributed by atoms with E-state index < -0.39 is 5.97 Å². The van der Waals surface area contributed by atoms with Crippen LogP contribution in [-0.4, -0.2) is 20.6 Å². The number of rotatable bonds is 4. The van der Waals surface area contributed by atoms with Crippen LogP contribution in [0.4, 0.5) is 0 Å². The predicted molar refractivity (Wildman–Crippen MR) is 74.1 cm³/mol. The Kier molecular flexibility index (Phi) is 3.57. The van der Waals surface area contributed by atoms with Crippen molar-refractivity contribution in [1.29, 1.82) is 0 Å². The third-order valence-electron chi connectivity index (χ3n) is 3.46. The van der Waals surface area contributed by atoms with Gasteiger partial charge in [-0.25, -0.2) is 4.98 Å². The normalized spacial score (nSPS) is 12.8. The number of carboxylic acids is 1. The standard InChI is InChI=1S/C14H19N3O2/c1-4-10(15)14-16-11-5-8(2)9(3)6-12(11)17(14)7-13(18)19/h5-6,10H,4,7,15H2,1-3H3,(H,18,19). The highest BCUT2D eigenvalue weighted by atomic mass is 16.4. The van der Waals surface area contributed by atoms with E-state index in [4.69, 9.17) is 10.8 Å². The average Bonchev–Trinajstić information content (AvgIpc) is 2.67. The molecule has 0 bridgehead atoms. The number of aliphatic carboxylic acids is 1. The number of hydrogen-bond donors (Lipinski definition) is 2. The van der Waals surface area contributed by atoms with E-state index in [2.05, 4.69) is 4.98 Å². The second-order valence-corrected chi connectivity index (χ2v) is 4.89. The molecule has 3 N–H and O–H groups in total. The molecule has 0 aliphatic rings. The van der Waals surface area contributed by atoms with Crippen molar-refractivity contribution in [3.05, 3.63) is 29.1 Å². The van der Waals surface area contributed by atoms with E-state index in [1.807, 2.05) is 32.9 Å². The quantitative estimate of drug-likeness (QED) is 0.883. The van der Waals surface area contributed by atoms with E-state index >= 15 is 0 Å². The number of benzene rings is 1. The van der Waals surface area contributed by atoms with Crippen LogP contribution >= 0.6 is 0 Å². The molecule has 5 heteroatoms. The number of nitrogens with two attached hydrogens (primary N) is 1. The van der Waals surface area contributed by atoms with Gasteiger partial charge in [0.05, 0.1) is 17.1 Å². The zero-order chi connectivity index (χ0) is 14.2. The smallest absolute Gasteiger partial charge is 0.323 e. The molecule has 2 aromatic rings. The first-order chi connectivity index (χ1) is 8.93. The fourth-order valence-electron chi connectivity index (χ4n) is 2.17. The van der Waals surface area contributed by atoms with Crippen molar-refractivity contribution < 1.29 is 9.90 Å². The van der Waals surface area contributed by atoms with Crippen molar-refractivity contribution in [2.45, 2.75) is 39.8 Å². The van der Waals surface area contributed by atoms with Gasteiger partial charge >= 0.3 is 5.97 Å². The Morgan fingerprint density at radius 3 is 2.63 bits per heavy atom. The monoisotopic (exact) mass is 261 g/mol. The topological polar surface area (TPSA) is 81.1 Å². The van der Waals surface area contributed by atoms with Gasteiger partial charge in [-0.3, -0.25) is 4.79 Å². The second kappa shape index (κ2) is 5.01. The molecule has 0 fully saturated rings. The van der Waals surface area contributed by atoms with Crippen molar-refractivity contribution in [1.82, 2.24) is 9.55 Å². The van der Waals surface area contributed by atoms with E-state index in [1.165, 1.54) is 0 Å². The fraction of sp³-hybridized carbons (Fsp3) is 0.429. The third kappa shape index (κ3) is 2.46. The van der Waals surface area contributed by atoms with Crippen LogP contribution in [0.5, 0.6) is 0 Å². The minimum Gasteiger partial charge on any atom is -0.480 e. The van der Waals surface area contributed by atoms with Gasteiger partial charge in [-0.2, -0.15) is 0 Å². The van der Waals surface area contributed by atoms with E-state index in [0.717, 1.165) is 28.6 Å². The number of imidazole rings is 1. The fourth-order valence-corrected chi connectivity index (χ4v) is 2.17. The lowest BCUT2D eigenvalue weighted by atomic mass is 10.1. The molecule has 0 aliphatic heterocycles. The van der Waals surface area contributed by atoms with Crippen LogP contribution in [0, 0.1) is 13.8 Å². The van der Waals surface area contributed by atoms with Gasteiger partial charge in [-0.05, 0) is 43.5 Å². The molecule has 102 valence electrons. The Morgan fingerprint density at radius 1 is 1.42 bits per heavy atom. The molecule has 5 nitrogen and oxygen atoms in total. The Hall–Kier alpha value is -1.88. The first-order valence-corrected chi connectivity index (χ1v) is 6.38. The Bertz CT molecular complexity index is 631. The van der Waals surface area contributed by atoms with Gasteiger partial charge in [0.2, 0.25) is 0 Å². The highest BCUT2D eigenvalue weighted by Gasteiger charge is 2.18. The number of aromatic nitrogens is 2. The number of nitrogens with zero attached hydrogens (tertiary/aromatic N) is 2. The lowest BCUT2D eigenvalue weighted by molar-refractivity contribution is -0.137. The number of fused-ring (bicyclic) bond motifs is 1. The molecule has 0 aliphatic carbocycles. The van der Waals surface area contributed by atoms with Crippen molar-refractivity contribution in [2.24, 2.45) is 5.73 Å². The van der Waals surface area contributed by atoms with E-state index in [-0.39, 0.29) is 12.6 Å². The van der Waals surface area contributed by atoms with Crippen LogP contribution in [0.25, 0.3) is 11.0 Å². The molecule has 0 saturated heterocycles. The second-order valence-electron chi connectivity index (χ2n) is 4.89. The molecule has 0 spiro atoms. The maximum absolute atomic E-state index is 11.0. The van der Waals surface area contributed by atoms with Gasteiger partial charge in [-0.15, -0.1) is 0 Å². The van der Waals surface area contributed by atoms with Crippen LogP contribution in [0.3, 0.4) is 0 Å². The maximum atomic E-state index is 11.0. The lowest BCUT2D eigenvalue weighted by Crippen LogP contribution is -2.19. The third-order valence-corrected chi connectivity index (χ3v) is 3.46. The number of carboxylic acid groups (broad SMARTS) is 1. The van der Waals surface area contributed by atoms with Crippen LogP contribution in [0.15, 0.2) is 12.1 Å². The van der Waals surface area contributed by atoms with Crippen LogP contribution in [0.1, 0.15) is 36.3 Å². The van der Waals surface area contributed by atoms with Crippen molar-refractivity contribution in [2.75, 3.05) is 0 Å². The lowest BCUT2D eigenvalue weighted by Gasteiger charge is -2.11. The molecular weight excluding hydrogens is 242 g/mol. The molecule has 0 radical (unpaired) electrons. The Morgan fingerprint density at radius 2 is 2.05 bits per heavy atom. The highest BCUT2D eigenvalue weighted by molar-refractivity contribution is 5.80. The summed E-state index contributed by atoms with van der Waals surface area (Å²) in [6, 6.07) is 3.72. The zero-order valence-corrected chi connectivity index (χ0v) is 11.5. The summed E-state index contributed by atoms with van der Waals surface area (Å²) >= 11 is 0. The van der Waals surface area contributed by atoms with Gasteiger partial charge in [-0.1, -0.05) is 6.92 Å². The van der Waals surface area contributed by atoms with Gasteiger partial charge in [0, 0.05) is 0 Å². The average molecular weight is 261 g/mol. The summed E-state index contributed by atoms with van der Waals surface area (Å²) in [6.07, 6.45) is 0.723. The minimum atomic E-state index is -0.887. The minimum absolute atomic E-state index is 0.109. The molecule has 0 saturated carbocycles. The van der Waals surface area contributed by atoms with Crippen molar-refractivity contribution in [3.8, 4) is 0 Å².